The highest BCUT2D eigenvalue weighted by Crippen LogP contribution is 2.19. The maximum atomic E-state index is 11.8. The monoisotopic (exact) mass is 216 g/mol. The van der Waals surface area contributed by atoms with Gasteiger partial charge >= 0.3 is 6.61 Å². The lowest BCUT2D eigenvalue weighted by Gasteiger charge is -2.07. The van der Waals surface area contributed by atoms with Crippen LogP contribution in [0.5, 0.6) is 5.75 Å². The van der Waals surface area contributed by atoms with E-state index in [9.17, 15) is 13.6 Å². The summed E-state index contributed by atoms with van der Waals surface area (Å²) in [6.45, 7) is 1.15. The lowest BCUT2D eigenvalue weighted by molar-refractivity contribution is -0.107. The molecule has 0 heterocycles. The predicted molar refractivity (Wildman–Crippen MR) is 54.2 cm³/mol. The zero-order valence-electron chi connectivity index (χ0n) is 8.74. The quantitative estimate of drug-likeness (QED) is 0.723. The third-order valence-electron chi connectivity index (χ3n) is 1.49. The van der Waals surface area contributed by atoms with E-state index in [0.717, 1.165) is 0 Å². The second-order valence-corrected chi connectivity index (χ2v) is 2.36. The van der Waals surface area contributed by atoms with E-state index >= 15 is 0 Å². The Bertz CT molecular complexity index is 288. The molecule has 0 saturated heterocycles. The fourth-order valence-electron chi connectivity index (χ4n) is 0.973. The second kappa shape index (κ2) is 7.91. The Morgan fingerprint density at radius 1 is 1.33 bits per heavy atom. The third kappa shape index (κ3) is 5.10. The van der Waals surface area contributed by atoms with E-state index in [-0.39, 0.29) is 12.2 Å². The zero-order chi connectivity index (χ0) is 11.7. The van der Waals surface area contributed by atoms with E-state index in [1.807, 2.05) is 13.8 Å². The van der Waals surface area contributed by atoms with Crippen LogP contribution in [-0.2, 0) is 11.2 Å². The highest BCUT2D eigenvalue weighted by molar-refractivity contribution is 5.57. The molecule has 0 fully saturated rings. The molecule has 0 bridgehead atoms. The second-order valence-electron chi connectivity index (χ2n) is 2.36. The van der Waals surface area contributed by atoms with Gasteiger partial charge in [0.05, 0.1) is 0 Å². The third-order valence-corrected chi connectivity index (χ3v) is 1.49. The Morgan fingerprint density at radius 2 is 1.93 bits per heavy atom. The maximum Gasteiger partial charge on any atom is 0.387 e. The number of carbonyl (C=O) groups is 1. The van der Waals surface area contributed by atoms with E-state index < -0.39 is 6.61 Å². The van der Waals surface area contributed by atoms with Crippen LogP contribution in [0.25, 0.3) is 0 Å². The number of ether oxygens (including phenoxy) is 1. The SMILES string of the molecule is CC.O=CCc1ccccc1OC(F)F. The molecule has 0 atom stereocenters. The van der Waals surface area contributed by atoms with Crippen molar-refractivity contribution in [3.8, 4) is 5.75 Å². The summed E-state index contributed by atoms with van der Waals surface area (Å²) in [6.07, 6.45) is 0.733. The van der Waals surface area contributed by atoms with Gasteiger partial charge in [0.1, 0.15) is 12.0 Å². The van der Waals surface area contributed by atoms with Crippen LogP contribution < -0.4 is 4.74 Å². The van der Waals surface area contributed by atoms with E-state index in [4.69, 9.17) is 0 Å². The Labute approximate surface area is 87.9 Å². The fourth-order valence-corrected chi connectivity index (χ4v) is 0.973. The van der Waals surface area contributed by atoms with Gasteiger partial charge in [-0.15, -0.1) is 0 Å². The fraction of sp³-hybridized carbons (Fsp3) is 0.364. The van der Waals surface area contributed by atoms with Crippen molar-refractivity contribution in [2.24, 2.45) is 0 Å². The van der Waals surface area contributed by atoms with Gasteiger partial charge in [0.15, 0.2) is 0 Å². The van der Waals surface area contributed by atoms with Crippen molar-refractivity contribution in [3.05, 3.63) is 29.8 Å². The smallest absolute Gasteiger partial charge is 0.387 e. The van der Waals surface area contributed by atoms with Crippen LogP contribution in [0.3, 0.4) is 0 Å². The van der Waals surface area contributed by atoms with Gasteiger partial charge in [0.2, 0.25) is 0 Å². The molecule has 0 N–H and O–H groups in total. The van der Waals surface area contributed by atoms with Crippen molar-refractivity contribution in [1.82, 2.24) is 0 Å². The molecular formula is C11H14F2O2. The standard InChI is InChI=1S/C9H8F2O2.C2H6/c10-9(11)13-8-4-2-1-3-7(8)5-6-12;1-2/h1-4,6,9H,5H2;1-2H3. The molecule has 0 saturated carbocycles. The topological polar surface area (TPSA) is 26.3 Å². The molecular weight excluding hydrogens is 202 g/mol. The Hall–Kier alpha value is -1.45. The molecule has 2 nitrogen and oxygen atoms in total. The van der Waals surface area contributed by atoms with Crippen LogP contribution in [0.1, 0.15) is 19.4 Å². The number of para-hydroxylation sites is 1. The summed E-state index contributed by atoms with van der Waals surface area (Å²) in [7, 11) is 0. The molecule has 84 valence electrons. The minimum atomic E-state index is -2.85. The molecule has 0 radical (unpaired) electrons. The van der Waals surface area contributed by atoms with E-state index in [2.05, 4.69) is 4.74 Å². The molecule has 0 aliphatic heterocycles. The van der Waals surface area contributed by atoms with Crippen molar-refractivity contribution >= 4 is 6.29 Å². The number of aldehydes is 1. The van der Waals surface area contributed by atoms with Gasteiger partial charge in [-0.3, -0.25) is 0 Å². The number of halogens is 2. The number of hydrogen-bond acceptors (Lipinski definition) is 2. The van der Waals surface area contributed by atoms with Crippen molar-refractivity contribution < 1.29 is 18.3 Å². The van der Waals surface area contributed by atoms with Gasteiger partial charge < -0.3 is 9.53 Å². The summed E-state index contributed by atoms with van der Waals surface area (Å²) < 4.78 is 27.9. The minimum Gasteiger partial charge on any atom is -0.435 e. The normalized spacial score (nSPS) is 9.13. The Balaban J connectivity index is 0.000000921. The Kier molecular flexibility index (Phi) is 7.14. The summed E-state index contributed by atoms with van der Waals surface area (Å²) in [5.74, 6) is 0.0598. The molecule has 0 aromatic heterocycles. The van der Waals surface area contributed by atoms with E-state index in [0.29, 0.717) is 11.8 Å². The first-order valence-corrected chi connectivity index (χ1v) is 4.70. The largest absolute Gasteiger partial charge is 0.435 e. The van der Waals surface area contributed by atoms with E-state index in [1.165, 1.54) is 6.07 Å². The van der Waals surface area contributed by atoms with Gasteiger partial charge in [-0.2, -0.15) is 8.78 Å². The molecule has 1 aromatic carbocycles. The van der Waals surface area contributed by atoms with Crippen LogP contribution in [0, 0.1) is 0 Å². The average Bonchev–Trinajstić information content (AvgIpc) is 2.23. The molecule has 0 aliphatic rings. The lowest BCUT2D eigenvalue weighted by atomic mass is 10.1. The molecule has 15 heavy (non-hydrogen) atoms. The Morgan fingerprint density at radius 3 is 2.47 bits per heavy atom. The highest BCUT2D eigenvalue weighted by Gasteiger charge is 2.07. The molecule has 0 spiro atoms. The highest BCUT2D eigenvalue weighted by atomic mass is 19.3. The maximum absolute atomic E-state index is 11.8. The van der Waals surface area contributed by atoms with Crippen molar-refractivity contribution in [2.75, 3.05) is 0 Å². The number of hydrogen-bond donors (Lipinski definition) is 0. The van der Waals surface area contributed by atoms with Gasteiger partial charge in [-0.05, 0) is 6.07 Å². The molecule has 1 rings (SSSR count). The number of carbonyl (C=O) groups excluding carboxylic acids is 1. The minimum absolute atomic E-state index is 0.0598. The molecule has 0 amide bonds. The first kappa shape index (κ1) is 13.5. The summed E-state index contributed by atoms with van der Waals surface area (Å²) >= 11 is 0. The average molecular weight is 216 g/mol. The predicted octanol–water partition coefficient (Wildman–Crippen LogP) is 3.06. The number of benzene rings is 1. The molecule has 1 aromatic rings. The van der Waals surface area contributed by atoms with Crippen LogP contribution in [0.4, 0.5) is 8.78 Å². The molecule has 0 aliphatic carbocycles. The van der Waals surface area contributed by atoms with Crippen molar-refractivity contribution in [3.63, 3.8) is 0 Å². The number of rotatable bonds is 4. The van der Waals surface area contributed by atoms with Crippen LogP contribution in [0.2, 0.25) is 0 Å². The summed E-state index contributed by atoms with van der Waals surface area (Å²) in [4.78, 5) is 10.2. The number of alkyl halides is 2. The van der Waals surface area contributed by atoms with E-state index in [1.54, 1.807) is 18.2 Å². The van der Waals surface area contributed by atoms with Crippen molar-refractivity contribution in [2.45, 2.75) is 26.9 Å². The first-order chi connectivity index (χ1) is 7.24. The molecule has 4 heteroatoms. The van der Waals surface area contributed by atoms with Gasteiger partial charge in [-0.1, -0.05) is 32.0 Å². The summed E-state index contributed by atoms with van der Waals surface area (Å²) in [6, 6.07) is 6.22. The zero-order valence-corrected chi connectivity index (χ0v) is 8.74. The lowest BCUT2D eigenvalue weighted by Crippen LogP contribution is -2.04. The van der Waals surface area contributed by atoms with Crippen LogP contribution in [-0.4, -0.2) is 12.9 Å². The summed E-state index contributed by atoms with van der Waals surface area (Å²) in [5.41, 5.74) is 0.470. The van der Waals surface area contributed by atoms with Crippen LogP contribution in [0.15, 0.2) is 24.3 Å². The first-order valence-electron chi connectivity index (χ1n) is 4.70. The van der Waals surface area contributed by atoms with Crippen LogP contribution >= 0.6 is 0 Å². The molecule has 0 unspecified atom stereocenters. The van der Waals surface area contributed by atoms with Crippen molar-refractivity contribution in [1.29, 1.82) is 0 Å². The van der Waals surface area contributed by atoms with Gasteiger partial charge in [0.25, 0.3) is 0 Å². The summed E-state index contributed by atoms with van der Waals surface area (Å²) in [5, 5.41) is 0. The van der Waals surface area contributed by atoms with Gasteiger partial charge in [-0.25, -0.2) is 0 Å². The van der Waals surface area contributed by atoms with Gasteiger partial charge in [0, 0.05) is 12.0 Å².